The van der Waals surface area contributed by atoms with Crippen molar-refractivity contribution in [3.05, 3.63) is 17.5 Å². The smallest absolute Gasteiger partial charge is 0.319 e. The van der Waals surface area contributed by atoms with E-state index < -0.39 is 0 Å². The summed E-state index contributed by atoms with van der Waals surface area (Å²) >= 11 is 0. The third-order valence-electron chi connectivity index (χ3n) is 6.44. The van der Waals surface area contributed by atoms with E-state index in [0.29, 0.717) is 24.9 Å². The van der Waals surface area contributed by atoms with Gasteiger partial charge in [-0.1, -0.05) is 0 Å². The molecule has 0 radical (unpaired) electrons. The maximum Gasteiger partial charge on any atom is 0.319 e. The first-order chi connectivity index (χ1) is 12.9. The monoisotopic (exact) mass is 374 g/mol. The van der Waals surface area contributed by atoms with Crippen LogP contribution in [0.4, 0.5) is 4.79 Å². The minimum atomic E-state index is -0.0441. The zero-order chi connectivity index (χ0) is 19.1. The van der Waals surface area contributed by atoms with E-state index in [1.165, 1.54) is 6.42 Å². The molecule has 2 bridgehead atoms. The fraction of sp³-hybridized carbons (Fsp3) is 0.737. The summed E-state index contributed by atoms with van der Waals surface area (Å²) in [6, 6.07) is 2.03. The van der Waals surface area contributed by atoms with Crippen molar-refractivity contribution < 1.29 is 9.59 Å². The molecule has 1 aliphatic heterocycles. The third-order valence-corrected chi connectivity index (χ3v) is 6.44. The predicted octanol–water partition coefficient (Wildman–Crippen LogP) is 0.760. The van der Waals surface area contributed by atoms with Crippen LogP contribution in [0.5, 0.6) is 0 Å². The van der Waals surface area contributed by atoms with Gasteiger partial charge in [-0.2, -0.15) is 5.10 Å². The van der Waals surface area contributed by atoms with Crippen LogP contribution in [0.3, 0.4) is 0 Å². The highest BCUT2D eigenvalue weighted by atomic mass is 16.2. The quantitative estimate of drug-likeness (QED) is 0.816. The van der Waals surface area contributed by atoms with Crippen LogP contribution in [-0.4, -0.2) is 58.2 Å². The highest BCUT2D eigenvalue weighted by molar-refractivity contribution is 5.80. The van der Waals surface area contributed by atoms with Crippen LogP contribution < -0.4 is 11.1 Å². The van der Waals surface area contributed by atoms with E-state index in [4.69, 9.17) is 5.73 Å². The number of nitrogens with one attached hydrogen (secondary N) is 1. The van der Waals surface area contributed by atoms with Crippen LogP contribution in [0, 0.1) is 17.8 Å². The number of rotatable bonds is 3. The molecule has 148 valence electrons. The molecule has 8 nitrogen and oxygen atoms in total. The molecule has 0 saturated heterocycles. The molecule has 2 aliphatic carbocycles. The molecule has 3 amide bonds. The Balaban J connectivity index is 1.38. The summed E-state index contributed by atoms with van der Waals surface area (Å²) in [6.45, 7) is 2.49. The van der Waals surface area contributed by atoms with E-state index in [2.05, 4.69) is 10.4 Å². The Hall–Kier alpha value is -2.09. The van der Waals surface area contributed by atoms with Crippen LogP contribution in [0.25, 0.3) is 0 Å². The summed E-state index contributed by atoms with van der Waals surface area (Å²) in [4.78, 5) is 28.4. The average molecular weight is 374 g/mol. The van der Waals surface area contributed by atoms with E-state index in [9.17, 15) is 9.59 Å². The molecule has 8 heteroatoms. The Morgan fingerprint density at radius 3 is 2.78 bits per heavy atom. The van der Waals surface area contributed by atoms with Crippen molar-refractivity contribution in [2.45, 2.75) is 51.4 Å². The van der Waals surface area contributed by atoms with Gasteiger partial charge >= 0.3 is 6.03 Å². The molecule has 2 fully saturated rings. The van der Waals surface area contributed by atoms with Gasteiger partial charge in [0.1, 0.15) is 0 Å². The maximum absolute atomic E-state index is 12.6. The number of urea groups is 1. The topological polar surface area (TPSA) is 96.5 Å². The number of nitrogens with two attached hydrogens (primary N) is 1. The highest BCUT2D eigenvalue weighted by Gasteiger charge is 2.48. The number of aromatic nitrogens is 2. The summed E-state index contributed by atoms with van der Waals surface area (Å²) < 4.78 is 1.97. The van der Waals surface area contributed by atoms with E-state index in [-0.39, 0.29) is 23.9 Å². The van der Waals surface area contributed by atoms with Gasteiger partial charge in [-0.15, -0.1) is 0 Å². The number of carbonyl (C=O) groups is 2. The minimum Gasteiger partial charge on any atom is -0.350 e. The first-order valence-corrected chi connectivity index (χ1v) is 9.99. The van der Waals surface area contributed by atoms with Crippen molar-refractivity contribution >= 4 is 11.9 Å². The molecule has 2 saturated carbocycles. The van der Waals surface area contributed by atoms with Gasteiger partial charge in [0.25, 0.3) is 0 Å². The number of aryl methyl sites for hydroxylation is 1. The van der Waals surface area contributed by atoms with Gasteiger partial charge in [-0.25, -0.2) is 4.79 Å². The molecule has 27 heavy (non-hydrogen) atoms. The van der Waals surface area contributed by atoms with Gasteiger partial charge in [0.2, 0.25) is 5.91 Å². The second kappa shape index (κ2) is 7.14. The Morgan fingerprint density at radius 2 is 2.07 bits per heavy atom. The van der Waals surface area contributed by atoms with Gasteiger partial charge < -0.3 is 20.9 Å². The molecular weight excluding hydrogens is 344 g/mol. The van der Waals surface area contributed by atoms with Crippen LogP contribution in [-0.2, 0) is 24.4 Å². The lowest BCUT2D eigenvalue weighted by molar-refractivity contribution is -0.127. The fourth-order valence-corrected chi connectivity index (χ4v) is 5.07. The Morgan fingerprint density at radius 1 is 1.30 bits per heavy atom. The predicted molar refractivity (Wildman–Crippen MR) is 100 cm³/mol. The third kappa shape index (κ3) is 3.42. The summed E-state index contributed by atoms with van der Waals surface area (Å²) in [5, 5.41) is 7.68. The summed E-state index contributed by atoms with van der Waals surface area (Å²) in [5.74, 6) is 1.00. The molecule has 0 aromatic carbocycles. The number of fused-ring (bicyclic) bond motifs is 3. The Bertz CT molecular complexity index is 728. The molecule has 3 aliphatic rings. The molecular formula is C19H30N6O2. The molecule has 0 unspecified atom stereocenters. The van der Waals surface area contributed by atoms with Crippen molar-refractivity contribution in [2.24, 2.45) is 23.5 Å². The Labute approximate surface area is 160 Å². The van der Waals surface area contributed by atoms with E-state index in [1.807, 2.05) is 15.6 Å². The van der Waals surface area contributed by atoms with Crippen molar-refractivity contribution in [1.29, 1.82) is 0 Å². The van der Waals surface area contributed by atoms with Crippen molar-refractivity contribution in [2.75, 3.05) is 20.6 Å². The first kappa shape index (κ1) is 18.3. The van der Waals surface area contributed by atoms with Gasteiger partial charge in [0, 0.05) is 33.2 Å². The number of hydrogen-bond donors (Lipinski definition) is 2. The van der Waals surface area contributed by atoms with Crippen molar-refractivity contribution in [3.8, 4) is 0 Å². The second-order valence-electron chi connectivity index (χ2n) is 8.46. The summed E-state index contributed by atoms with van der Waals surface area (Å²) in [6.07, 6.45) is 4.28. The van der Waals surface area contributed by atoms with Crippen LogP contribution >= 0.6 is 0 Å². The molecule has 1 aromatic heterocycles. The lowest BCUT2D eigenvalue weighted by atomic mass is 9.84. The number of nitrogens with zero attached hydrogens (tertiary/aromatic N) is 4. The molecule has 2 heterocycles. The van der Waals surface area contributed by atoms with E-state index in [0.717, 1.165) is 43.7 Å². The molecule has 0 spiro atoms. The largest absolute Gasteiger partial charge is 0.350 e. The average Bonchev–Trinajstić information content (AvgIpc) is 3.30. The van der Waals surface area contributed by atoms with Crippen molar-refractivity contribution in [1.82, 2.24) is 24.9 Å². The number of carbonyl (C=O) groups excluding carboxylic acids is 2. The molecule has 3 N–H and O–H groups in total. The van der Waals surface area contributed by atoms with Crippen LogP contribution in [0.1, 0.15) is 37.1 Å². The van der Waals surface area contributed by atoms with Gasteiger partial charge in [-0.05, 0) is 43.6 Å². The second-order valence-corrected chi connectivity index (χ2v) is 8.46. The van der Waals surface area contributed by atoms with Crippen molar-refractivity contribution in [3.63, 3.8) is 0 Å². The highest BCUT2D eigenvalue weighted by Crippen LogP contribution is 2.47. The lowest BCUT2D eigenvalue weighted by Gasteiger charge is -2.26. The zero-order valence-electron chi connectivity index (χ0n) is 16.2. The lowest BCUT2D eigenvalue weighted by Crippen LogP contribution is -2.45. The molecule has 4 atom stereocenters. The van der Waals surface area contributed by atoms with E-state index in [1.54, 1.807) is 19.0 Å². The minimum absolute atomic E-state index is 0.00747. The Kier molecular flexibility index (Phi) is 4.84. The van der Waals surface area contributed by atoms with E-state index >= 15 is 0 Å². The van der Waals surface area contributed by atoms with Gasteiger partial charge in [0.05, 0.1) is 30.4 Å². The molecule has 4 rings (SSSR count). The number of hydrogen-bond acceptors (Lipinski definition) is 4. The normalized spacial score (nSPS) is 29.4. The maximum atomic E-state index is 12.6. The van der Waals surface area contributed by atoms with Crippen LogP contribution in [0.2, 0.25) is 0 Å². The number of amides is 3. The van der Waals surface area contributed by atoms with Gasteiger partial charge in [-0.3, -0.25) is 9.48 Å². The zero-order valence-corrected chi connectivity index (χ0v) is 16.2. The molecule has 1 aromatic rings. The first-order valence-electron chi connectivity index (χ1n) is 9.99. The summed E-state index contributed by atoms with van der Waals surface area (Å²) in [7, 11) is 3.54. The standard InChI is InChI=1S/C19H30N6O2/c1-23(2)19(27)24-6-3-7-25-15(11-24)9-14(22-25)10-21-18(26)16-12-4-5-13(8-12)17(16)20/h9,12-13,16-17H,3-8,10-11,20H2,1-2H3,(H,21,26)/t12-,13+,16-,17+/m0/s1. The van der Waals surface area contributed by atoms with Crippen LogP contribution in [0.15, 0.2) is 6.07 Å². The van der Waals surface area contributed by atoms with Gasteiger partial charge in [0.15, 0.2) is 0 Å². The SMILES string of the molecule is CN(C)C(=O)N1CCCn2nc(CNC(=O)[C@H]3[C@H]4CC[C@H](C4)[C@H]3N)cc2C1. The summed E-state index contributed by atoms with van der Waals surface area (Å²) in [5.41, 5.74) is 8.14. The fourth-order valence-electron chi connectivity index (χ4n) is 5.07.